The fourth-order valence-electron chi connectivity index (χ4n) is 2.93. The number of hydrogen-bond acceptors (Lipinski definition) is 4. The van der Waals surface area contributed by atoms with Crippen LogP contribution in [0.3, 0.4) is 0 Å². The first-order valence-corrected chi connectivity index (χ1v) is 8.53. The number of amides is 1. The van der Waals surface area contributed by atoms with E-state index in [0.29, 0.717) is 18.8 Å². The molecule has 0 aliphatic carbocycles. The van der Waals surface area contributed by atoms with Crippen LogP contribution in [-0.4, -0.2) is 52.1 Å². The molecule has 1 atom stereocenters. The van der Waals surface area contributed by atoms with Gasteiger partial charge in [-0.25, -0.2) is 0 Å². The topological polar surface area (TPSA) is 60.2 Å². The van der Waals surface area contributed by atoms with Crippen LogP contribution in [0.2, 0.25) is 0 Å². The molecule has 1 aromatic carbocycles. The summed E-state index contributed by atoms with van der Waals surface area (Å²) in [4.78, 5) is 14.1. The first-order chi connectivity index (χ1) is 11.7. The summed E-state index contributed by atoms with van der Waals surface area (Å²) in [5.41, 5.74) is 1.63. The third kappa shape index (κ3) is 4.41. The van der Waals surface area contributed by atoms with Crippen molar-refractivity contribution in [3.05, 3.63) is 47.8 Å². The molecule has 2 aromatic rings. The molecule has 0 spiro atoms. The van der Waals surface area contributed by atoms with E-state index in [4.69, 9.17) is 4.74 Å². The minimum atomic E-state index is -0.102. The van der Waals surface area contributed by atoms with Gasteiger partial charge in [0.2, 0.25) is 0 Å². The van der Waals surface area contributed by atoms with Crippen LogP contribution in [0.1, 0.15) is 35.3 Å². The van der Waals surface area contributed by atoms with Crippen molar-refractivity contribution in [3.63, 3.8) is 0 Å². The minimum absolute atomic E-state index is 0.102. The molecule has 1 aromatic heterocycles. The monoisotopic (exact) mass is 328 g/mol. The maximum atomic E-state index is 12.5. The van der Waals surface area contributed by atoms with E-state index >= 15 is 0 Å². The van der Waals surface area contributed by atoms with E-state index in [1.165, 1.54) is 12.0 Å². The normalized spacial score (nSPS) is 17.6. The second kappa shape index (κ2) is 8.06. The number of ether oxygens (including phenoxy) is 1. The van der Waals surface area contributed by atoms with Gasteiger partial charge in [0.1, 0.15) is 0 Å². The van der Waals surface area contributed by atoms with Gasteiger partial charge in [-0.05, 0) is 31.2 Å². The van der Waals surface area contributed by atoms with Crippen LogP contribution in [0, 0.1) is 0 Å². The van der Waals surface area contributed by atoms with Crippen LogP contribution in [0.5, 0.6) is 0 Å². The third-order valence-corrected chi connectivity index (χ3v) is 4.33. The molecule has 1 fully saturated rings. The van der Waals surface area contributed by atoms with Crippen molar-refractivity contribution in [3.8, 4) is 0 Å². The summed E-state index contributed by atoms with van der Waals surface area (Å²) in [7, 11) is 1.79. The predicted octanol–water partition coefficient (Wildman–Crippen LogP) is 2.16. The third-order valence-electron chi connectivity index (χ3n) is 4.33. The van der Waals surface area contributed by atoms with Crippen molar-refractivity contribution in [2.75, 3.05) is 20.2 Å². The van der Waals surface area contributed by atoms with Crippen LogP contribution in [0.25, 0.3) is 0 Å². The summed E-state index contributed by atoms with van der Waals surface area (Å²) in [6.45, 7) is 2.11. The quantitative estimate of drug-likeness (QED) is 0.815. The zero-order valence-electron chi connectivity index (χ0n) is 14.1. The molecule has 0 N–H and O–H groups in total. The van der Waals surface area contributed by atoms with Crippen LogP contribution in [0.4, 0.5) is 0 Å². The van der Waals surface area contributed by atoms with E-state index in [1.54, 1.807) is 22.8 Å². The molecule has 1 aliphatic heterocycles. The van der Waals surface area contributed by atoms with Crippen molar-refractivity contribution in [2.24, 2.45) is 0 Å². The Morgan fingerprint density at radius 2 is 2.17 bits per heavy atom. The summed E-state index contributed by atoms with van der Waals surface area (Å²) in [6.07, 6.45) is 6.03. The molecular formula is C18H24N4O2. The number of rotatable bonds is 6. The lowest BCUT2D eigenvalue weighted by Gasteiger charge is -2.26. The maximum Gasteiger partial charge on any atom is 0.275 e. The van der Waals surface area contributed by atoms with Gasteiger partial charge in [0.25, 0.3) is 5.91 Å². The zero-order valence-corrected chi connectivity index (χ0v) is 14.1. The average Bonchev–Trinajstić information content (AvgIpc) is 3.10. The Morgan fingerprint density at radius 1 is 1.33 bits per heavy atom. The Labute approximate surface area is 142 Å². The lowest BCUT2D eigenvalue weighted by atomic mass is 10.1. The number of nitrogens with zero attached hydrogens (tertiary/aromatic N) is 4. The molecule has 2 heterocycles. The van der Waals surface area contributed by atoms with E-state index in [9.17, 15) is 4.79 Å². The highest BCUT2D eigenvalue weighted by Gasteiger charge is 2.21. The highest BCUT2D eigenvalue weighted by Crippen LogP contribution is 2.14. The number of likely N-dealkylation sites (N-methyl/N-ethyl adjacent to an activating group) is 1. The number of benzene rings is 1. The Balaban J connectivity index is 1.52. The minimum Gasteiger partial charge on any atom is -0.376 e. The molecule has 1 aliphatic rings. The van der Waals surface area contributed by atoms with Gasteiger partial charge in [-0.3, -0.25) is 9.48 Å². The van der Waals surface area contributed by atoms with Crippen LogP contribution < -0.4 is 0 Å². The van der Waals surface area contributed by atoms with Gasteiger partial charge in [0, 0.05) is 26.7 Å². The smallest absolute Gasteiger partial charge is 0.275 e. The largest absolute Gasteiger partial charge is 0.376 e. The van der Waals surface area contributed by atoms with Gasteiger partial charge in [-0.1, -0.05) is 35.5 Å². The molecular weight excluding hydrogens is 304 g/mol. The standard InChI is InChI=1S/C18H24N4O2/c1-21(13-16-9-5-6-12-24-16)18(23)17-14-22(20-19-17)11-10-15-7-3-2-4-8-15/h2-4,7-8,14,16H,5-6,9-13H2,1H3/t16-/m0/s1. The summed E-state index contributed by atoms with van der Waals surface area (Å²) in [5, 5.41) is 8.09. The molecule has 1 amide bonds. The predicted molar refractivity (Wildman–Crippen MR) is 90.7 cm³/mol. The first-order valence-electron chi connectivity index (χ1n) is 8.53. The van der Waals surface area contributed by atoms with Gasteiger partial charge < -0.3 is 9.64 Å². The van der Waals surface area contributed by atoms with Gasteiger partial charge in [-0.15, -0.1) is 5.10 Å². The Morgan fingerprint density at radius 3 is 2.92 bits per heavy atom. The first kappa shape index (κ1) is 16.6. The van der Waals surface area contributed by atoms with Crippen molar-refractivity contribution in [2.45, 2.75) is 38.3 Å². The lowest BCUT2D eigenvalue weighted by molar-refractivity contribution is -0.000293. The summed E-state index contributed by atoms with van der Waals surface area (Å²) in [5.74, 6) is -0.102. The molecule has 0 unspecified atom stereocenters. The Bertz CT molecular complexity index is 650. The average molecular weight is 328 g/mol. The van der Waals surface area contributed by atoms with Gasteiger partial charge in [0.05, 0.1) is 12.3 Å². The van der Waals surface area contributed by atoms with Crippen molar-refractivity contribution in [1.29, 1.82) is 0 Å². The number of carbonyl (C=O) groups is 1. The number of hydrogen-bond donors (Lipinski definition) is 0. The van der Waals surface area contributed by atoms with Crippen molar-refractivity contribution >= 4 is 5.91 Å². The molecule has 6 heteroatoms. The van der Waals surface area contributed by atoms with E-state index in [1.807, 2.05) is 18.2 Å². The maximum absolute atomic E-state index is 12.5. The summed E-state index contributed by atoms with van der Waals surface area (Å²) >= 11 is 0. The van der Waals surface area contributed by atoms with Gasteiger partial charge >= 0.3 is 0 Å². The van der Waals surface area contributed by atoms with Crippen LogP contribution in [-0.2, 0) is 17.7 Å². The molecule has 3 rings (SSSR count). The number of aromatic nitrogens is 3. The van der Waals surface area contributed by atoms with E-state index in [0.717, 1.165) is 25.9 Å². The van der Waals surface area contributed by atoms with Gasteiger partial charge in [0.15, 0.2) is 5.69 Å². The van der Waals surface area contributed by atoms with Crippen LogP contribution >= 0.6 is 0 Å². The van der Waals surface area contributed by atoms with Crippen molar-refractivity contribution < 1.29 is 9.53 Å². The fourth-order valence-corrected chi connectivity index (χ4v) is 2.93. The highest BCUT2D eigenvalue weighted by molar-refractivity contribution is 5.91. The van der Waals surface area contributed by atoms with Gasteiger partial charge in [-0.2, -0.15) is 0 Å². The number of carbonyl (C=O) groups excluding carboxylic acids is 1. The van der Waals surface area contributed by atoms with Crippen molar-refractivity contribution in [1.82, 2.24) is 19.9 Å². The molecule has 128 valence electrons. The summed E-state index contributed by atoms with van der Waals surface area (Å²) < 4.78 is 7.42. The Hall–Kier alpha value is -2.21. The fraction of sp³-hybridized carbons (Fsp3) is 0.500. The SMILES string of the molecule is CN(C[C@@H]1CCCCO1)C(=O)c1cn(CCc2ccccc2)nn1. The molecule has 0 saturated carbocycles. The molecule has 24 heavy (non-hydrogen) atoms. The second-order valence-corrected chi connectivity index (χ2v) is 6.28. The van der Waals surface area contributed by atoms with E-state index in [2.05, 4.69) is 22.4 Å². The van der Waals surface area contributed by atoms with E-state index < -0.39 is 0 Å². The van der Waals surface area contributed by atoms with E-state index in [-0.39, 0.29) is 12.0 Å². The molecule has 1 saturated heterocycles. The van der Waals surface area contributed by atoms with Crippen LogP contribution in [0.15, 0.2) is 36.5 Å². The number of aryl methyl sites for hydroxylation is 2. The second-order valence-electron chi connectivity index (χ2n) is 6.28. The molecule has 0 radical (unpaired) electrons. The highest BCUT2D eigenvalue weighted by atomic mass is 16.5. The zero-order chi connectivity index (χ0) is 16.8. The molecule has 6 nitrogen and oxygen atoms in total. The lowest BCUT2D eigenvalue weighted by Crippen LogP contribution is -2.37. The Kier molecular flexibility index (Phi) is 5.59. The molecule has 0 bridgehead atoms. The summed E-state index contributed by atoms with van der Waals surface area (Å²) in [6, 6.07) is 10.2.